The zero-order valence-electron chi connectivity index (χ0n) is 23.6. The lowest BCUT2D eigenvalue weighted by Crippen LogP contribution is -2.59. The van der Waals surface area contributed by atoms with Gasteiger partial charge >= 0.3 is 0 Å². The van der Waals surface area contributed by atoms with E-state index in [-0.39, 0.29) is 30.9 Å². The van der Waals surface area contributed by atoms with Crippen LogP contribution >= 0.6 is 0 Å². The molecule has 3 amide bonds. The van der Waals surface area contributed by atoms with Crippen molar-refractivity contribution < 1.29 is 24.2 Å². The maximum Gasteiger partial charge on any atom is 0.253 e. The molecule has 0 saturated carbocycles. The Morgan fingerprint density at radius 2 is 1.82 bits per heavy atom. The normalized spacial score (nSPS) is 29.4. The number of hydrogen-bond acceptors (Lipinski definition) is 5. The second-order valence-corrected chi connectivity index (χ2v) is 11.5. The zero-order valence-corrected chi connectivity index (χ0v) is 23.6. The molecule has 40 heavy (non-hydrogen) atoms. The molecule has 6 atom stereocenters. The summed E-state index contributed by atoms with van der Waals surface area (Å²) in [5.41, 5.74) is -1.35. The van der Waals surface area contributed by atoms with Crippen molar-refractivity contribution in [1.29, 1.82) is 0 Å². The van der Waals surface area contributed by atoms with E-state index in [1.807, 2.05) is 56.3 Å². The predicted octanol–water partition coefficient (Wildman–Crippen LogP) is 3.54. The van der Waals surface area contributed by atoms with Gasteiger partial charge in [-0.25, -0.2) is 0 Å². The van der Waals surface area contributed by atoms with E-state index >= 15 is 0 Å². The summed E-state index contributed by atoms with van der Waals surface area (Å²) < 4.78 is 6.75. The minimum Gasteiger partial charge on any atom is -0.394 e. The van der Waals surface area contributed by atoms with Crippen LogP contribution < -0.4 is 4.90 Å². The highest BCUT2D eigenvalue weighted by Gasteiger charge is 2.78. The Morgan fingerprint density at radius 1 is 1.12 bits per heavy atom. The first-order valence-electron chi connectivity index (χ1n) is 14.1. The Bertz CT molecular complexity index is 1360. The number of carbonyl (C=O) groups is 3. The highest BCUT2D eigenvalue weighted by molar-refractivity contribution is 6.06. The number of nitrogens with zero attached hydrogens (tertiary/aromatic N) is 3. The largest absolute Gasteiger partial charge is 0.394 e. The summed E-state index contributed by atoms with van der Waals surface area (Å²) in [5, 5.41) is 12.4. The minimum absolute atomic E-state index is 0.190. The average Bonchev–Trinajstić information content (AvgIpc) is 3.52. The number of likely N-dealkylation sites (N-methyl/N-ethyl adjacent to an activating group) is 1. The molecule has 2 aromatic rings. The van der Waals surface area contributed by atoms with Gasteiger partial charge in [0.05, 0.1) is 30.1 Å². The van der Waals surface area contributed by atoms with E-state index in [0.717, 1.165) is 10.8 Å². The fourth-order valence-corrected chi connectivity index (χ4v) is 7.29. The highest BCUT2D eigenvalue weighted by Crippen LogP contribution is 2.64. The molecule has 0 aromatic heterocycles. The molecule has 8 nitrogen and oxygen atoms in total. The third kappa shape index (κ3) is 4.08. The second-order valence-electron chi connectivity index (χ2n) is 11.5. The van der Waals surface area contributed by atoms with E-state index in [4.69, 9.17) is 4.74 Å². The number of likely N-dealkylation sites (tertiary alicyclic amines) is 1. The van der Waals surface area contributed by atoms with Crippen molar-refractivity contribution in [2.45, 2.75) is 56.4 Å². The molecule has 8 heteroatoms. The predicted molar refractivity (Wildman–Crippen MR) is 155 cm³/mol. The molecule has 1 N–H and O–H groups in total. The average molecular weight is 546 g/mol. The van der Waals surface area contributed by atoms with Gasteiger partial charge in [0, 0.05) is 25.8 Å². The monoisotopic (exact) mass is 545 g/mol. The third-order valence-electron chi connectivity index (χ3n) is 9.19. The van der Waals surface area contributed by atoms with Crippen molar-refractivity contribution in [2.75, 3.05) is 31.6 Å². The van der Waals surface area contributed by atoms with Crippen LogP contribution in [0, 0.1) is 11.8 Å². The van der Waals surface area contributed by atoms with Crippen LogP contribution in [0.3, 0.4) is 0 Å². The van der Waals surface area contributed by atoms with Gasteiger partial charge in [-0.05, 0) is 49.1 Å². The summed E-state index contributed by atoms with van der Waals surface area (Å²) in [6, 6.07) is 12.2. The van der Waals surface area contributed by atoms with Crippen LogP contribution in [0.15, 0.2) is 67.8 Å². The summed E-state index contributed by atoms with van der Waals surface area (Å²) in [6.07, 6.45) is 4.80. The minimum atomic E-state index is -1.17. The van der Waals surface area contributed by atoms with E-state index in [1.54, 1.807) is 29.0 Å². The Balaban J connectivity index is 1.62. The number of rotatable bonds is 10. The molecule has 3 fully saturated rings. The van der Waals surface area contributed by atoms with E-state index in [0.29, 0.717) is 31.5 Å². The van der Waals surface area contributed by atoms with Crippen molar-refractivity contribution >= 4 is 34.2 Å². The summed E-state index contributed by atoms with van der Waals surface area (Å²) >= 11 is 0. The van der Waals surface area contributed by atoms with Crippen molar-refractivity contribution in [3.8, 4) is 0 Å². The summed E-state index contributed by atoms with van der Waals surface area (Å²) in [5.74, 6) is -2.34. The van der Waals surface area contributed by atoms with Gasteiger partial charge in [-0.2, -0.15) is 0 Å². The first kappa shape index (κ1) is 28.1. The molecule has 5 rings (SSSR count). The number of carbonyl (C=O) groups excluding carboxylic acids is 3. The quantitative estimate of drug-likeness (QED) is 0.462. The lowest BCUT2D eigenvalue weighted by atomic mass is 9.66. The molecule has 2 aromatic carbocycles. The van der Waals surface area contributed by atoms with Crippen LogP contribution in [-0.4, -0.2) is 82.7 Å². The van der Waals surface area contributed by atoms with Crippen LogP contribution in [0.2, 0.25) is 0 Å². The van der Waals surface area contributed by atoms with Gasteiger partial charge in [-0.3, -0.25) is 14.4 Å². The molecule has 2 unspecified atom stereocenters. The number of aliphatic hydroxyl groups is 1. The van der Waals surface area contributed by atoms with Gasteiger partial charge in [0.2, 0.25) is 11.8 Å². The maximum atomic E-state index is 14.7. The van der Waals surface area contributed by atoms with E-state index in [2.05, 4.69) is 13.2 Å². The molecule has 0 aliphatic carbocycles. The lowest BCUT2D eigenvalue weighted by molar-refractivity contribution is -0.151. The van der Waals surface area contributed by atoms with Gasteiger partial charge in [0.15, 0.2) is 0 Å². The molecule has 3 aliphatic rings. The van der Waals surface area contributed by atoms with Gasteiger partial charge in [-0.15, -0.1) is 13.2 Å². The number of hydrogen-bond donors (Lipinski definition) is 1. The number of ether oxygens (including phenoxy) is 1. The molecule has 3 heterocycles. The molecular formula is C32H39N3O5. The van der Waals surface area contributed by atoms with Crippen LogP contribution in [0.25, 0.3) is 10.8 Å². The fraction of sp³-hybridized carbons (Fsp3) is 0.469. The van der Waals surface area contributed by atoms with Gasteiger partial charge in [0.1, 0.15) is 11.6 Å². The molecule has 212 valence electrons. The van der Waals surface area contributed by atoms with Crippen molar-refractivity contribution in [3.05, 3.63) is 67.8 Å². The van der Waals surface area contributed by atoms with E-state index in [1.165, 1.54) is 4.90 Å². The number of fused-ring (bicyclic) bond motifs is 2. The number of benzene rings is 2. The Kier molecular flexibility index (Phi) is 7.35. The van der Waals surface area contributed by atoms with Crippen LogP contribution in [0.5, 0.6) is 0 Å². The maximum absolute atomic E-state index is 14.7. The van der Waals surface area contributed by atoms with E-state index in [9.17, 15) is 19.5 Å². The fourth-order valence-electron chi connectivity index (χ4n) is 7.29. The molecule has 0 radical (unpaired) electrons. The molecule has 2 bridgehead atoms. The molecule has 3 saturated heterocycles. The van der Waals surface area contributed by atoms with Crippen molar-refractivity contribution in [1.82, 2.24) is 9.80 Å². The molecule has 3 aliphatic heterocycles. The van der Waals surface area contributed by atoms with Crippen LogP contribution in [-0.2, 0) is 19.1 Å². The number of aliphatic hydroxyl groups excluding tert-OH is 1. The Hall–Kier alpha value is -3.49. The number of amides is 3. The van der Waals surface area contributed by atoms with E-state index < -0.39 is 35.1 Å². The summed E-state index contributed by atoms with van der Waals surface area (Å²) in [7, 11) is 1.69. The Labute approximate surface area is 235 Å². The topological polar surface area (TPSA) is 90.4 Å². The number of anilines is 1. The summed E-state index contributed by atoms with van der Waals surface area (Å²) in [6.45, 7) is 11.7. The highest BCUT2D eigenvalue weighted by atomic mass is 16.5. The van der Waals surface area contributed by atoms with Crippen molar-refractivity contribution in [3.63, 3.8) is 0 Å². The third-order valence-corrected chi connectivity index (χ3v) is 9.19. The zero-order chi connectivity index (χ0) is 28.8. The Morgan fingerprint density at radius 3 is 2.48 bits per heavy atom. The first-order valence-corrected chi connectivity index (χ1v) is 14.1. The van der Waals surface area contributed by atoms with Crippen molar-refractivity contribution in [2.24, 2.45) is 11.8 Å². The van der Waals surface area contributed by atoms with Gasteiger partial charge < -0.3 is 24.5 Å². The smallest absolute Gasteiger partial charge is 0.253 e. The molecule has 1 spiro atoms. The standard InChI is InChI=1S/C32H39N3O5/c1-6-17-33(5)28(37)25-26-29(38)35(23(8-3)20-36)27(32(26)16-15-31(25,4)40-32)30(39)34(18-7-2)24-14-13-21-11-9-10-12-22(21)19-24/h6-7,9-14,19,23,25-27,36H,1-2,8,15-18,20H2,3-5H3/t23-,25-,26-,27?,31+,32?/m0/s1. The lowest BCUT2D eigenvalue weighted by Gasteiger charge is -2.39. The van der Waals surface area contributed by atoms with Gasteiger partial charge in [-0.1, -0.05) is 49.4 Å². The second kappa shape index (κ2) is 10.5. The molecular weight excluding hydrogens is 506 g/mol. The van der Waals surface area contributed by atoms with Gasteiger partial charge in [0.25, 0.3) is 5.91 Å². The first-order chi connectivity index (χ1) is 19.2. The van der Waals surface area contributed by atoms with Crippen LogP contribution in [0.1, 0.15) is 33.1 Å². The SMILES string of the molecule is C=CCN(C)C(=O)[C@@H]1[C@H]2C(=O)N([C@@H](CC)CO)C(C(=O)N(CC=C)c3ccc4ccccc4c3)C23CC[C@@]1(C)O3. The van der Waals surface area contributed by atoms with Crippen LogP contribution in [0.4, 0.5) is 5.69 Å². The summed E-state index contributed by atoms with van der Waals surface area (Å²) in [4.78, 5) is 47.5.